The zero-order chi connectivity index (χ0) is 7.14. The second-order valence-electron chi connectivity index (χ2n) is 3.16. The van der Waals surface area contributed by atoms with Crippen LogP contribution in [-0.2, 0) is 4.79 Å². The predicted octanol–water partition coefficient (Wildman–Crippen LogP) is -0.292. The summed E-state index contributed by atoms with van der Waals surface area (Å²) >= 11 is 0. The minimum absolute atomic E-state index is 0.120. The van der Waals surface area contributed by atoms with E-state index in [9.17, 15) is 4.79 Å². The van der Waals surface area contributed by atoms with Gasteiger partial charge in [-0.05, 0) is 12.8 Å². The molecular formula is C7H12N2O. The Kier molecular flexibility index (Phi) is 1.20. The van der Waals surface area contributed by atoms with Crippen LogP contribution in [0.1, 0.15) is 19.3 Å². The van der Waals surface area contributed by atoms with Crippen LogP contribution in [-0.4, -0.2) is 29.4 Å². The van der Waals surface area contributed by atoms with E-state index >= 15 is 0 Å². The molecule has 0 aromatic rings. The quantitative estimate of drug-likeness (QED) is 0.502. The van der Waals surface area contributed by atoms with E-state index in [2.05, 4.69) is 0 Å². The number of hydrogen-bond donors (Lipinski definition) is 1. The monoisotopic (exact) mass is 140 g/mol. The van der Waals surface area contributed by atoms with Gasteiger partial charge in [0.05, 0.1) is 0 Å². The zero-order valence-corrected chi connectivity index (χ0v) is 5.92. The van der Waals surface area contributed by atoms with E-state index in [1.54, 1.807) is 0 Å². The molecule has 3 heteroatoms. The Morgan fingerprint density at radius 3 is 3.10 bits per heavy atom. The van der Waals surface area contributed by atoms with Gasteiger partial charge in [0.15, 0.2) is 0 Å². The summed E-state index contributed by atoms with van der Waals surface area (Å²) in [6.07, 6.45) is 2.84. The number of carbonyl (C=O) groups is 1. The number of nitrogens with zero attached hydrogens (tertiary/aromatic N) is 1. The molecule has 2 heterocycles. The van der Waals surface area contributed by atoms with Crippen molar-refractivity contribution in [2.45, 2.75) is 31.3 Å². The van der Waals surface area contributed by atoms with Gasteiger partial charge in [0.2, 0.25) is 5.91 Å². The molecular weight excluding hydrogens is 128 g/mol. The summed E-state index contributed by atoms with van der Waals surface area (Å²) in [5.74, 6) is 0.259. The third kappa shape index (κ3) is 0.669. The van der Waals surface area contributed by atoms with Crippen molar-refractivity contribution < 1.29 is 4.79 Å². The summed E-state index contributed by atoms with van der Waals surface area (Å²) in [6, 6.07) is 0.502. The number of fused-ring (bicyclic) bond motifs is 1. The highest BCUT2D eigenvalue weighted by molar-refractivity contribution is 5.80. The fourth-order valence-electron chi connectivity index (χ4n) is 2.00. The maximum Gasteiger partial charge on any atom is 0.224 e. The van der Waals surface area contributed by atoms with Crippen LogP contribution in [0, 0.1) is 0 Å². The van der Waals surface area contributed by atoms with Gasteiger partial charge in [0.25, 0.3) is 0 Å². The highest BCUT2D eigenvalue weighted by Crippen LogP contribution is 2.27. The van der Waals surface area contributed by atoms with Crippen LogP contribution in [0.15, 0.2) is 0 Å². The van der Waals surface area contributed by atoms with Gasteiger partial charge in [-0.3, -0.25) is 4.79 Å². The Labute approximate surface area is 60.2 Å². The maximum absolute atomic E-state index is 11.1. The van der Waals surface area contributed by atoms with Gasteiger partial charge in [0, 0.05) is 25.0 Å². The van der Waals surface area contributed by atoms with Crippen LogP contribution in [0.5, 0.6) is 0 Å². The Hall–Kier alpha value is -0.570. The van der Waals surface area contributed by atoms with Crippen LogP contribution in [0.25, 0.3) is 0 Å². The molecule has 2 N–H and O–H groups in total. The largest absolute Gasteiger partial charge is 0.338 e. The molecule has 56 valence electrons. The number of amides is 1. The molecule has 0 bridgehead atoms. The topological polar surface area (TPSA) is 46.3 Å². The lowest BCUT2D eigenvalue weighted by Crippen LogP contribution is -2.35. The van der Waals surface area contributed by atoms with Crippen LogP contribution >= 0.6 is 0 Å². The lowest BCUT2D eigenvalue weighted by molar-refractivity contribution is -0.127. The number of hydrogen-bond acceptors (Lipinski definition) is 2. The summed E-state index contributed by atoms with van der Waals surface area (Å²) < 4.78 is 0. The summed E-state index contributed by atoms with van der Waals surface area (Å²) in [5, 5.41) is 0. The van der Waals surface area contributed by atoms with Gasteiger partial charge in [-0.1, -0.05) is 0 Å². The molecule has 0 aromatic carbocycles. The minimum atomic E-state index is 0.120. The van der Waals surface area contributed by atoms with Crippen molar-refractivity contribution in [3.8, 4) is 0 Å². The lowest BCUT2D eigenvalue weighted by Gasteiger charge is -2.16. The van der Waals surface area contributed by atoms with Crippen molar-refractivity contribution in [3.05, 3.63) is 0 Å². The van der Waals surface area contributed by atoms with E-state index < -0.39 is 0 Å². The average Bonchev–Trinajstić information content (AvgIpc) is 2.39. The van der Waals surface area contributed by atoms with E-state index in [0.717, 1.165) is 19.4 Å². The molecule has 2 aliphatic heterocycles. The first-order chi connectivity index (χ1) is 4.79. The van der Waals surface area contributed by atoms with Crippen molar-refractivity contribution >= 4 is 5.91 Å². The Morgan fingerprint density at radius 2 is 2.40 bits per heavy atom. The van der Waals surface area contributed by atoms with Crippen molar-refractivity contribution in [1.82, 2.24) is 4.90 Å². The zero-order valence-electron chi connectivity index (χ0n) is 5.92. The van der Waals surface area contributed by atoms with E-state index in [4.69, 9.17) is 5.73 Å². The van der Waals surface area contributed by atoms with E-state index in [-0.39, 0.29) is 11.9 Å². The predicted molar refractivity (Wildman–Crippen MR) is 37.3 cm³/mol. The summed E-state index contributed by atoms with van der Waals surface area (Å²) in [7, 11) is 0. The molecule has 0 aromatic heterocycles. The third-order valence-corrected chi connectivity index (χ3v) is 2.52. The molecule has 2 atom stereocenters. The Morgan fingerprint density at radius 1 is 1.60 bits per heavy atom. The normalized spacial score (nSPS) is 38.9. The SMILES string of the molecule is NC1CC(=O)N2CCCC12. The Bertz CT molecular complexity index is 169. The highest BCUT2D eigenvalue weighted by atomic mass is 16.2. The molecule has 0 saturated carbocycles. The summed E-state index contributed by atoms with van der Waals surface area (Å²) in [6.45, 7) is 0.942. The molecule has 2 fully saturated rings. The average molecular weight is 140 g/mol. The van der Waals surface area contributed by atoms with Crippen molar-refractivity contribution in [2.75, 3.05) is 6.54 Å². The molecule has 2 unspecified atom stereocenters. The second-order valence-corrected chi connectivity index (χ2v) is 3.16. The van der Waals surface area contributed by atoms with Gasteiger partial charge < -0.3 is 10.6 Å². The van der Waals surface area contributed by atoms with Crippen LogP contribution in [0.4, 0.5) is 0 Å². The maximum atomic E-state index is 11.1. The van der Waals surface area contributed by atoms with Crippen LogP contribution < -0.4 is 5.73 Å². The molecule has 2 aliphatic rings. The van der Waals surface area contributed by atoms with Gasteiger partial charge in [-0.25, -0.2) is 0 Å². The fraction of sp³-hybridized carbons (Fsp3) is 0.857. The molecule has 0 radical (unpaired) electrons. The van der Waals surface area contributed by atoms with Crippen molar-refractivity contribution in [1.29, 1.82) is 0 Å². The van der Waals surface area contributed by atoms with Crippen LogP contribution in [0.2, 0.25) is 0 Å². The standard InChI is InChI=1S/C7H12N2O/c8-5-4-7(10)9-3-1-2-6(5)9/h5-6H,1-4,8H2. The van der Waals surface area contributed by atoms with E-state index in [0.29, 0.717) is 12.5 Å². The molecule has 0 spiro atoms. The van der Waals surface area contributed by atoms with Crippen molar-refractivity contribution in [3.63, 3.8) is 0 Å². The highest BCUT2D eigenvalue weighted by Gasteiger charge is 2.40. The van der Waals surface area contributed by atoms with E-state index in [1.165, 1.54) is 0 Å². The van der Waals surface area contributed by atoms with Crippen LogP contribution in [0.3, 0.4) is 0 Å². The van der Waals surface area contributed by atoms with Gasteiger partial charge in [-0.15, -0.1) is 0 Å². The number of rotatable bonds is 0. The molecule has 0 aliphatic carbocycles. The van der Waals surface area contributed by atoms with Gasteiger partial charge >= 0.3 is 0 Å². The second kappa shape index (κ2) is 1.95. The molecule has 10 heavy (non-hydrogen) atoms. The lowest BCUT2D eigenvalue weighted by atomic mass is 10.1. The minimum Gasteiger partial charge on any atom is -0.338 e. The molecule has 1 amide bonds. The first kappa shape index (κ1) is 6.16. The number of nitrogens with two attached hydrogens (primary N) is 1. The van der Waals surface area contributed by atoms with Crippen molar-refractivity contribution in [2.24, 2.45) is 5.73 Å². The first-order valence-electron chi connectivity index (χ1n) is 3.84. The third-order valence-electron chi connectivity index (χ3n) is 2.52. The number of carbonyl (C=O) groups excluding carboxylic acids is 1. The molecule has 2 rings (SSSR count). The molecule has 3 nitrogen and oxygen atoms in total. The molecule has 2 saturated heterocycles. The Balaban J connectivity index is 2.19. The first-order valence-corrected chi connectivity index (χ1v) is 3.84. The van der Waals surface area contributed by atoms with Gasteiger partial charge in [-0.2, -0.15) is 0 Å². The summed E-state index contributed by atoms with van der Waals surface area (Å²) in [4.78, 5) is 13.0. The fourth-order valence-corrected chi connectivity index (χ4v) is 2.00. The van der Waals surface area contributed by atoms with E-state index in [1.807, 2.05) is 4.90 Å². The summed E-state index contributed by atoms with van der Waals surface area (Å²) in [5.41, 5.74) is 5.75. The smallest absolute Gasteiger partial charge is 0.224 e. The van der Waals surface area contributed by atoms with Gasteiger partial charge in [0.1, 0.15) is 0 Å².